The van der Waals surface area contributed by atoms with Crippen LogP contribution in [0.3, 0.4) is 0 Å². The van der Waals surface area contributed by atoms with Gasteiger partial charge < -0.3 is 9.47 Å². The van der Waals surface area contributed by atoms with Crippen LogP contribution in [0.1, 0.15) is 59.4 Å². The number of halogens is 1. The zero-order chi connectivity index (χ0) is 20.2. The van der Waals surface area contributed by atoms with Crippen molar-refractivity contribution in [3.63, 3.8) is 0 Å². The van der Waals surface area contributed by atoms with Gasteiger partial charge in [0.25, 0.3) is 5.91 Å². The zero-order valence-electron chi connectivity index (χ0n) is 16.9. The number of aromatic nitrogens is 1. The fourth-order valence-corrected chi connectivity index (χ4v) is 4.42. The molecule has 0 bridgehead atoms. The Kier molecular flexibility index (Phi) is 6.05. The van der Waals surface area contributed by atoms with Crippen LogP contribution in [0, 0.1) is 0 Å². The van der Waals surface area contributed by atoms with E-state index in [-0.39, 0.29) is 11.9 Å². The van der Waals surface area contributed by atoms with Crippen LogP contribution in [0.5, 0.6) is 0 Å². The van der Waals surface area contributed by atoms with Gasteiger partial charge in [0, 0.05) is 35.6 Å². The van der Waals surface area contributed by atoms with E-state index in [1.54, 1.807) is 0 Å². The van der Waals surface area contributed by atoms with Gasteiger partial charge in [-0.2, -0.15) is 0 Å². The van der Waals surface area contributed by atoms with Crippen molar-refractivity contribution in [2.75, 3.05) is 6.54 Å². The molecule has 3 nitrogen and oxygen atoms in total. The first-order valence-electron chi connectivity index (χ1n) is 10.5. The SMILES string of the molecule is CCCCc1ccc(C(=O)N2CCCn3cccc3C2c2ccccc2Cl)cc1. The Morgan fingerprint density at radius 1 is 1.03 bits per heavy atom. The maximum Gasteiger partial charge on any atom is 0.254 e. The first-order chi connectivity index (χ1) is 14.2. The number of unbranched alkanes of at least 4 members (excludes halogenated alkanes) is 1. The molecule has 1 aliphatic rings. The van der Waals surface area contributed by atoms with Gasteiger partial charge in [-0.05, 0) is 60.7 Å². The number of aryl methyl sites for hydroxylation is 2. The van der Waals surface area contributed by atoms with Crippen LogP contribution in [0.25, 0.3) is 0 Å². The number of carbonyl (C=O) groups excluding carboxylic acids is 1. The summed E-state index contributed by atoms with van der Waals surface area (Å²) in [4.78, 5) is 15.6. The molecule has 29 heavy (non-hydrogen) atoms. The molecule has 4 rings (SSSR count). The van der Waals surface area contributed by atoms with Gasteiger partial charge in [-0.25, -0.2) is 0 Å². The summed E-state index contributed by atoms with van der Waals surface area (Å²) in [6, 6.07) is 20.0. The summed E-state index contributed by atoms with van der Waals surface area (Å²) in [6.45, 7) is 3.80. The van der Waals surface area contributed by atoms with Crippen LogP contribution >= 0.6 is 11.6 Å². The molecule has 1 aromatic heterocycles. The van der Waals surface area contributed by atoms with Crippen molar-refractivity contribution >= 4 is 17.5 Å². The summed E-state index contributed by atoms with van der Waals surface area (Å²) in [5.74, 6) is 0.0617. The first kappa shape index (κ1) is 19.8. The van der Waals surface area contributed by atoms with Crippen molar-refractivity contribution in [3.05, 3.63) is 94.3 Å². The summed E-state index contributed by atoms with van der Waals surface area (Å²) < 4.78 is 2.25. The van der Waals surface area contributed by atoms with Crippen molar-refractivity contribution in [3.8, 4) is 0 Å². The van der Waals surface area contributed by atoms with Crippen LogP contribution in [-0.4, -0.2) is 21.9 Å². The van der Waals surface area contributed by atoms with Crippen LogP contribution in [0.4, 0.5) is 0 Å². The highest BCUT2D eigenvalue weighted by Crippen LogP contribution is 2.36. The Morgan fingerprint density at radius 2 is 1.83 bits per heavy atom. The lowest BCUT2D eigenvalue weighted by molar-refractivity contribution is 0.0709. The third-order valence-electron chi connectivity index (χ3n) is 5.74. The number of amides is 1. The number of carbonyl (C=O) groups is 1. The maximum atomic E-state index is 13.6. The van der Waals surface area contributed by atoms with Gasteiger partial charge in [0.05, 0.1) is 6.04 Å². The minimum Gasteiger partial charge on any atom is -0.349 e. The summed E-state index contributed by atoms with van der Waals surface area (Å²) in [7, 11) is 0. The van der Waals surface area contributed by atoms with E-state index >= 15 is 0 Å². The van der Waals surface area contributed by atoms with E-state index in [1.807, 2.05) is 41.3 Å². The zero-order valence-corrected chi connectivity index (χ0v) is 17.6. The van der Waals surface area contributed by atoms with Crippen molar-refractivity contribution < 1.29 is 4.79 Å². The van der Waals surface area contributed by atoms with Crippen molar-refractivity contribution in [2.24, 2.45) is 0 Å². The molecule has 2 aromatic carbocycles. The topological polar surface area (TPSA) is 25.2 Å². The lowest BCUT2D eigenvalue weighted by Crippen LogP contribution is -2.36. The molecule has 0 aliphatic carbocycles. The molecule has 0 saturated carbocycles. The number of hydrogen-bond acceptors (Lipinski definition) is 1. The van der Waals surface area contributed by atoms with E-state index in [9.17, 15) is 4.79 Å². The van der Waals surface area contributed by atoms with Crippen LogP contribution in [-0.2, 0) is 13.0 Å². The third-order valence-corrected chi connectivity index (χ3v) is 6.08. The predicted molar refractivity (Wildman–Crippen MR) is 118 cm³/mol. The summed E-state index contributed by atoms with van der Waals surface area (Å²) in [5.41, 5.74) is 4.12. The summed E-state index contributed by atoms with van der Waals surface area (Å²) in [6.07, 6.45) is 6.42. The molecular weight excluding hydrogens is 380 g/mol. The minimum absolute atomic E-state index is 0.0617. The highest BCUT2D eigenvalue weighted by Gasteiger charge is 2.32. The fraction of sp³-hybridized carbons (Fsp3) is 0.320. The Labute approximate surface area is 177 Å². The lowest BCUT2D eigenvalue weighted by atomic mass is 10.00. The van der Waals surface area contributed by atoms with Gasteiger partial charge in [-0.15, -0.1) is 0 Å². The molecule has 3 aromatic rings. The Hall–Kier alpha value is -2.52. The molecule has 1 unspecified atom stereocenters. The van der Waals surface area contributed by atoms with E-state index in [1.165, 1.54) is 18.4 Å². The fourth-order valence-electron chi connectivity index (χ4n) is 4.18. The molecule has 1 aliphatic heterocycles. The summed E-state index contributed by atoms with van der Waals surface area (Å²) >= 11 is 6.58. The van der Waals surface area contributed by atoms with Gasteiger partial charge in [0.1, 0.15) is 0 Å². The smallest absolute Gasteiger partial charge is 0.254 e. The predicted octanol–water partition coefficient (Wildman–Crippen LogP) is 6.12. The monoisotopic (exact) mass is 406 g/mol. The van der Waals surface area contributed by atoms with Gasteiger partial charge in [-0.3, -0.25) is 4.79 Å². The normalized spacial score (nSPS) is 16.3. The van der Waals surface area contributed by atoms with E-state index in [0.717, 1.165) is 36.2 Å². The molecule has 1 atom stereocenters. The van der Waals surface area contributed by atoms with E-state index in [0.29, 0.717) is 11.6 Å². The number of hydrogen-bond donors (Lipinski definition) is 0. The molecule has 1 amide bonds. The number of benzene rings is 2. The molecule has 0 spiro atoms. The highest BCUT2D eigenvalue weighted by atomic mass is 35.5. The Morgan fingerprint density at radius 3 is 2.59 bits per heavy atom. The molecule has 2 heterocycles. The third kappa shape index (κ3) is 4.11. The number of nitrogens with zero attached hydrogens (tertiary/aromatic N) is 2. The van der Waals surface area contributed by atoms with Gasteiger partial charge >= 0.3 is 0 Å². The first-order valence-corrected chi connectivity index (χ1v) is 10.9. The Balaban J connectivity index is 1.70. The average molecular weight is 407 g/mol. The van der Waals surface area contributed by atoms with Crippen molar-refractivity contribution in [2.45, 2.75) is 45.2 Å². The quantitative estimate of drug-likeness (QED) is 0.501. The van der Waals surface area contributed by atoms with Crippen LogP contribution in [0.2, 0.25) is 5.02 Å². The molecule has 0 saturated heterocycles. The van der Waals surface area contributed by atoms with Gasteiger partial charge in [0.15, 0.2) is 0 Å². The Bertz CT molecular complexity index is 976. The van der Waals surface area contributed by atoms with Crippen LogP contribution in [0.15, 0.2) is 66.9 Å². The lowest BCUT2D eigenvalue weighted by Gasteiger charge is -2.31. The van der Waals surface area contributed by atoms with Crippen molar-refractivity contribution in [1.29, 1.82) is 0 Å². The van der Waals surface area contributed by atoms with Gasteiger partial charge in [-0.1, -0.05) is 55.3 Å². The van der Waals surface area contributed by atoms with Crippen LogP contribution < -0.4 is 0 Å². The standard InChI is InChI=1S/C25H27ClN2O/c1-2-3-8-19-12-14-20(15-13-19)25(29)28-18-7-17-27-16-6-11-23(27)24(28)21-9-4-5-10-22(21)26/h4-6,9-16,24H,2-3,7-8,17-18H2,1H3. The molecule has 4 heteroatoms. The molecular formula is C25H27ClN2O. The molecule has 0 fully saturated rings. The molecule has 0 radical (unpaired) electrons. The second-order valence-corrected chi connectivity index (χ2v) is 8.11. The average Bonchev–Trinajstić information content (AvgIpc) is 3.13. The summed E-state index contributed by atoms with van der Waals surface area (Å²) in [5, 5.41) is 0.694. The minimum atomic E-state index is -0.187. The number of rotatable bonds is 5. The van der Waals surface area contributed by atoms with E-state index in [2.05, 4.69) is 42.0 Å². The van der Waals surface area contributed by atoms with E-state index in [4.69, 9.17) is 11.6 Å². The van der Waals surface area contributed by atoms with Crippen molar-refractivity contribution in [1.82, 2.24) is 9.47 Å². The number of fused-ring (bicyclic) bond motifs is 1. The van der Waals surface area contributed by atoms with E-state index < -0.39 is 0 Å². The molecule has 0 N–H and O–H groups in total. The maximum absolute atomic E-state index is 13.6. The van der Waals surface area contributed by atoms with Gasteiger partial charge in [0.2, 0.25) is 0 Å². The highest BCUT2D eigenvalue weighted by molar-refractivity contribution is 6.31. The second kappa shape index (κ2) is 8.87. The second-order valence-electron chi connectivity index (χ2n) is 7.70. The largest absolute Gasteiger partial charge is 0.349 e. The molecule has 150 valence electrons.